The maximum absolute atomic E-state index is 12.9. The topological polar surface area (TPSA) is 94.0 Å². The summed E-state index contributed by atoms with van der Waals surface area (Å²) in [6.45, 7) is 2.84. The first-order chi connectivity index (χ1) is 15.3. The normalized spacial score (nSPS) is 16.5. The lowest BCUT2D eigenvalue weighted by Gasteiger charge is -2.21. The number of para-hydroxylation sites is 2. The molecule has 158 valence electrons. The van der Waals surface area contributed by atoms with Gasteiger partial charge < -0.3 is 14.6 Å². The van der Waals surface area contributed by atoms with Crippen LogP contribution in [0.5, 0.6) is 0 Å². The largest absolute Gasteiger partial charge is 0.368 e. The SMILES string of the molecule is O=C(Nc1nc2ccccc2n1CCc1ccccn1)c1csc(C2CNCCO2)n1. The second-order valence-corrected chi connectivity index (χ2v) is 8.13. The van der Waals surface area contributed by atoms with Crippen LogP contribution >= 0.6 is 11.3 Å². The molecule has 8 nitrogen and oxygen atoms in total. The van der Waals surface area contributed by atoms with E-state index in [0.29, 0.717) is 31.3 Å². The third kappa shape index (κ3) is 4.34. The molecule has 5 rings (SSSR count). The van der Waals surface area contributed by atoms with E-state index < -0.39 is 0 Å². The smallest absolute Gasteiger partial charge is 0.277 e. The van der Waals surface area contributed by atoms with Crippen LogP contribution in [0.3, 0.4) is 0 Å². The van der Waals surface area contributed by atoms with Crippen molar-refractivity contribution in [3.05, 3.63) is 70.4 Å². The first kappa shape index (κ1) is 19.8. The van der Waals surface area contributed by atoms with Gasteiger partial charge in [0, 0.05) is 43.3 Å². The Morgan fingerprint density at radius 1 is 1.23 bits per heavy atom. The number of pyridine rings is 1. The molecule has 0 saturated carbocycles. The van der Waals surface area contributed by atoms with Gasteiger partial charge in [-0.1, -0.05) is 18.2 Å². The van der Waals surface area contributed by atoms with Gasteiger partial charge in [0.25, 0.3) is 5.91 Å². The predicted molar refractivity (Wildman–Crippen MR) is 119 cm³/mol. The van der Waals surface area contributed by atoms with E-state index in [1.807, 2.05) is 47.0 Å². The minimum atomic E-state index is -0.277. The molecule has 0 spiro atoms. The lowest BCUT2D eigenvalue weighted by molar-refractivity contribution is 0.0275. The molecule has 4 aromatic rings. The molecular weight excluding hydrogens is 412 g/mol. The average Bonchev–Trinajstić information content (AvgIpc) is 3.44. The van der Waals surface area contributed by atoms with E-state index in [1.54, 1.807) is 11.6 Å². The number of rotatable bonds is 6. The molecule has 0 bridgehead atoms. The fraction of sp³-hybridized carbons (Fsp3) is 0.273. The zero-order chi connectivity index (χ0) is 21.0. The third-order valence-corrected chi connectivity index (χ3v) is 6.09. The van der Waals surface area contributed by atoms with Crippen LogP contribution in [0.4, 0.5) is 5.95 Å². The van der Waals surface area contributed by atoms with Crippen LogP contribution in [-0.2, 0) is 17.7 Å². The number of hydrogen-bond donors (Lipinski definition) is 2. The van der Waals surface area contributed by atoms with Gasteiger partial charge in [0.2, 0.25) is 5.95 Å². The van der Waals surface area contributed by atoms with Crippen LogP contribution in [0.25, 0.3) is 11.0 Å². The van der Waals surface area contributed by atoms with Gasteiger partial charge in [-0.15, -0.1) is 11.3 Å². The first-order valence-corrected chi connectivity index (χ1v) is 11.1. The van der Waals surface area contributed by atoms with E-state index in [9.17, 15) is 4.79 Å². The summed E-state index contributed by atoms with van der Waals surface area (Å²) in [6.07, 6.45) is 2.41. The molecule has 1 unspecified atom stereocenters. The minimum Gasteiger partial charge on any atom is -0.368 e. The van der Waals surface area contributed by atoms with Crippen LogP contribution in [0, 0.1) is 0 Å². The molecule has 1 amide bonds. The Hall–Kier alpha value is -3.14. The highest BCUT2D eigenvalue weighted by Crippen LogP contribution is 2.24. The second kappa shape index (κ2) is 8.93. The number of carbonyl (C=O) groups is 1. The van der Waals surface area contributed by atoms with Gasteiger partial charge in [-0.25, -0.2) is 9.97 Å². The Labute approximate surface area is 183 Å². The lowest BCUT2D eigenvalue weighted by atomic mass is 10.2. The number of imidazole rings is 1. The van der Waals surface area contributed by atoms with E-state index in [1.165, 1.54) is 11.3 Å². The molecule has 1 aromatic carbocycles. The predicted octanol–water partition coefficient (Wildman–Crippen LogP) is 3.04. The fourth-order valence-electron chi connectivity index (χ4n) is 3.60. The Balaban J connectivity index is 1.37. The molecule has 1 aliphatic heterocycles. The molecule has 4 heterocycles. The number of hydrogen-bond acceptors (Lipinski definition) is 7. The van der Waals surface area contributed by atoms with Crippen molar-refractivity contribution in [2.24, 2.45) is 0 Å². The van der Waals surface area contributed by atoms with Crippen molar-refractivity contribution in [3.63, 3.8) is 0 Å². The number of amides is 1. The number of thiazole rings is 1. The van der Waals surface area contributed by atoms with Crippen molar-refractivity contribution in [1.29, 1.82) is 0 Å². The number of carbonyl (C=O) groups excluding carboxylic acids is 1. The summed E-state index contributed by atoms with van der Waals surface area (Å²) in [5.41, 5.74) is 3.16. The van der Waals surface area contributed by atoms with Crippen LogP contribution in [0.1, 0.15) is 27.3 Å². The van der Waals surface area contributed by atoms with Crippen LogP contribution in [-0.4, -0.2) is 45.1 Å². The van der Waals surface area contributed by atoms with Crippen LogP contribution < -0.4 is 10.6 Å². The molecule has 31 heavy (non-hydrogen) atoms. The quantitative estimate of drug-likeness (QED) is 0.484. The number of morpholine rings is 1. The van der Waals surface area contributed by atoms with Crippen LogP contribution in [0.15, 0.2) is 54.0 Å². The van der Waals surface area contributed by atoms with E-state index in [0.717, 1.165) is 34.7 Å². The van der Waals surface area contributed by atoms with Crippen molar-refractivity contribution < 1.29 is 9.53 Å². The fourth-order valence-corrected chi connectivity index (χ4v) is 4.45. The Morgan fingerprint density at radius 3 is 2.97 bits per heavy atom. The summed E-state index contributed by atoms with van der Waals surface area (Å²) in [5.74, 6) is 0.230. The molecule has 3 aromatic heterocycles. The van der Waals surface area contributed by atoms with Crippen molar-refractivity contribution >= 4 is 34.2 Å². The number of nitrogens with zero attached hydrogens (tertiary/aromatic N) is 4. The van der Waals surface area contributed by atoms with Crippen molar-refractivity contribution in [2.75, 3.05) is 25.0 Å². The zero-order valence-corrected chi connectivity index (χ0v) is 17.6. The summed E-state index contributed by atoms with van der Waals surface area (Å²) >= 11 is 1.44. The molecule has 1 atom stereocenters. The molecule has 1 fully saturated rings. The number of benzene rings is 1. The highest BCUT2D eigenvalue weighted by Gasteiger charge is 2.22. The molecular formula is C22H22N6O2S. The van der Waals surface area contributed by atoms with Gasteiger partial charge in [0.05, 0.1) is 17.6 Å². The number of aryl methyl sites for hydroxylation is 2. The highest BCUT2D eigenvalue weighted by molar-refractivity contribution is 7.09. The van der Waals surface area contributed by atoms with E-state index >= 15 is 0 Å². The summed E-state index contributed by atoms with van der Waals surface area (Å²) in [6, 6.07) is 13.7. The number of anilines is 1. The number of aromatic nitrogens is 4. The van der Waals surface area contributed by atoms with Crippen molar-refractivity contribution in [1.82, 2.24) is 24.8 Å². The molecule has 2 N–H and O–H groups in total. The third-order valence-electron chi connectivity index (χ3n) is 5.16. The number of nitrogens with one attached hydrogen (secondary N) is 2. The zero-order valence-electron chi connectivity index (χ0n) is 16.8. The van der Waals surface area contributed by atoms with Gasteiger partial charge in [-0.2, -0.15) is 0 Å². The summed E-state index contributed by atoms with van der Waals surface area (Å²) in [5, 5.41) is 8.81. The Kier molecular flexibility index (Phi) is 5.70. The second-order valence-electron chi connectivity index (χ2n) is 7.24. The van der Waals surface area contributed by atoms with Gasteiger partial charge in [0.1, 0.15) is 16.8 Å². The average molecular weight is 435 g/mol. The summed E-state index contributed by atoms with van der Waals surface area (Å²) < 4.78 is 7.76. The highest BCUT2D eigenvalue weighted by atomic mass is 32.1. The first-order valence-electron chi connectivity index (χ1n) is 10.2. The summed E-state index contributed by atoms with van der Waals surface area (Å²) in [4.78, 5) is 26.5. The lowest BCUT2D eigenvalue weighted by Crippen LogP contribution is -2.33. The van der Waals surface area contributed by atoms with Gasteiger partial charge in [-0.3, -0.25) is 15.1 Å². The minimum absolute atomic E-state index is 0.108. The molecule has 0 radical (unpaired) electrons. The van der Waals surface area contributed by atoms with Gasteiger partial charge in [-0.05, 0) is 24.3 Å². The van der Waals surface area contributed by atoms with Crippen molar-refractivity contribution in [3.8, 4) is 0 Å². The molecule has 0 aliphatic carbocycles. The standard InChI is InChI=1S/C22H22N6O2S/c29-20(17-14-31-21(25-17)19-13-23-10-12-30-19)27-22-26-16-6-1-2-7-18(16)28(22)11-8-15-5-3-4-9-24-15/h1-7,9,14,19,23H,8,10-13H2,(H,26,27,29). The van der Waals surface area contributed by atoms with Crippen LogP contribution in [0.2, 0.25) is 0 Å². The molecule has 1 saturated heterocycles. The Bertz CT molecular complexity index is 1180. The number of ether oxygens (including phenoxy) is 1. The molecule has 1 aliphatic rings. The van der Waals surface area contributed by atoms with Gasteiger partial charge >= 0.3 is 0 Å². The monoisotopic (exact) mass is 434 g/mol. The Morgan fingerprint density at radius 2 is 2.13 bits per heavy atom. The van der Waals surface area contributed by atoms with E-state index in [-0.39, 0.29) is 12.0 Å². The number of fused-ring (bicyclic) bond motifs is 1. The van der Waals surface area contributed by atoms with Gasteiger partial charge in [0.15, 0.2) is 0 Å². The summed E-state index contributed by atoms with van der Waals surface area (Å²) in [7, 11) is 0. The maximum atomic E-state index is 12.9. The maximum Gasteiger partial charge on any atom is 0.277 e. The van der Waals surface area contributed by atoms with Crippen molar-refractivity contribution in [2.45, 2.75) is 19.1 Å². The van der Waals surface area contributed by atoms with E-state index in [2.05, 4.69) is 25.6 Å². The van der Waals surface area contributed by atoms with E-state index in [4.69, 9.17) is 4.74 Å². The molecule has 9 heteroatoms.